The van der Waals surface area contributed by atoms with Crippen LogP contribution in [0.5, 0.6) is 0 Å². The number of fused-ring (bicyclic) bond motifs is 1. The van der Waals surface area contributed by atoms with Gasteiger partial charge in [0.15, 0.2) is 0 Å². The molecule has 1 N–H and O–H groups in total. The molecule has 0 atom stereocenters. The van der Waals surface area contributed by atoms with Gasteiger partial charge in [-0.05, 0) is 6.07 Å². The van der Waals surface area contributed by atoms with Crippen LogP contribution < -0.4 is 9.79 Å². The second kappa shape index (κ2) is 4.17. The number of aromatic nitrogens is 2. The van der Waals surface area contributed by atoms with E-state index in [0.717, 1.165) is 10.9 Å². The quantitative estimate of drug-likeness (QED) is 0.683. The largest absolute Gasteiger partial charge is 0.545 e. The third kappa shape index (κ3) is 2.20. The molecule has 2 aromatic rings. The van der Waals surface area contributed by atoms with E-state index in [4.69, 9.17) is 5.11 Å². The molecule has 0 fully saturated rings. The molecule has 0 radical (unpaired) electrons. The highest BCUT2D eigenvalue weighted by molar-refractivity contribution is 6.00. The molecule has 6 nitrogen and oxygen atoms in total. The highest BCUT2D eigenvalue weighted by Gasteiger charge is 2.15. The Balaban J connectivity index is 2.67. The smallest absolute Gasteiger partial charge is 0.372 e. The highest BCUT2D eigenvalue weighted by Crippen LogP contribution is 2.13. The molecule has 0 aliphatic heterocycles. The minimum Gasteiger partial charge on any atom is -0.545 e. The Labute approximate surface area is 95.7 Å². The van der Waals surface area contributed by atoms with Crippen molar-refractivity contribution in [1.29, 1.82) is 0 Å². The van der Waals surface area contributed by atoms with Crippen LogP contribution in [0.2, 0.25) is 0 Å². The molecule has 17 heavy (non-hydrogen) atoms. The minimum absolute atomic E-state index is 0.0724. The Morgan fingerprint density at radius 3 is 2.71 bits per heavy atom. The Bertz CT molecular complexity index is 609. The maximum absolute atomic E-state index is 11.0. The van der Waals surface area contributed by atoms with Crippen LogP contribution >= 0.6 is 0 Å². The van der Waals surface area contributed by atoms with Gasteiger partial charge >= 0.3 is 5.97 Å². The van der Waals surface area contributed by atoms with Gasteiger partial charge in [0.05, 0.1) is 11.5 Å². The summed E-state index contributed by atoms with van der Waals surface area (Å²) in [7, 11) is 0. The molecule has 0 saturated heterocycles. The fourth-order valence-electron chi connectivity index (χ4n) is 1.56. The highest BCUT2D eigenvalue weighted by atomic mass is 16.4. The number of rotatable bonds is 3. The van der Waals surface area contributed by atoms with E-state index < -0.39 is 18.5 Å². The molecule has 1 aromatic heterocycles. The normalized spacial score (nSPS) is 10.4. The summed E-state index contributed by atoms with van der Waals surface area (Å²) < 4.78 is 1.07. The Morgan fingerprint density at radius 2 is 2.06 bits per heavy atom. The fourth-order valence-corrected chi connectivity index (χ4v) is 1.56. The number of carbonyl (C=O) groups excluding carboxylic acids is 1. The van der Waals surface area contributed by atoms with Crippen LogP contribution in [0.3, 0.4) is 0 Å². The van der Waals surface area contributed by atoms with E-state index in [0.29, 0.717) is 10.9 Å². The number of hydrogen-bond donors (Lipinski definition) is 1. The fraction of sp³-hybridized carbons (Fsp3) is 0.0909. The topological polar surface area (TPSA) is 94.2 Å². The molecule has 0 saturated carbocycles. The van der Waals surface area contributed by atoms with Crippen LogP contribution in [0.15, 0.2) is 30.5 Å². The maximum Gasteiger partial charge on any atom is 0.372 e. The van der Waals surface area contributed by atoms with Crippen molar-refractivity contribution in [2.45, 2.75) is 6.54 Å². The van der Waals surface area contributed by atoms with Gasteiger partial charge in [0.2, 0.25) is 6.20 Å². The third-order valence-electron chi connectivity index (χ3n) is 2.23. The average molecular weight is 232 g/mol. The van der Waals surface area contributed by atoms with E-state index >= 15 is 0 Å². The van der Waals surface area contributed by atoms with Gasteiger partial charge in [-0.25, -0.2) is 4.79 Å². The molecule has 6 heteroatoms. The second-order valence-corrected chi connectivity index (χ2v) is 3.44. The van der Waals surface area contributed by atoms with Gasteiger partial charge in [-0.1, -0.05) is 22.9 Å². The van der Waals surface area contributed by atoms with Gasteiger partial charge in [0.25, 0.3) is 6.54 Å². The first kappa shape index (κ1) is 11.0. The van der Waals surface area contributed by atoms with Gasteiger partial charge in [0.1, 0.15) is 5.52 Å². The van der Waals surface area contributed by atoms with Gasteiger partial charge < -0.3 is 15.0 Å². The molecule has 0 amide bonds. The molecule has 1 aromatic carbocycles. The third-order valence-corrected chi connectivity index (χ3v) is 2.23. The lowest BCUT2D eigenvalue weighted by molar-refractivity contribution is -0.741. The lowest BCUT2D eigenvalue weighted by Crippen LogP contribution is -2.43. The lowest BCUT2D eigenvalue weighted by atomic mass is 10.1. The van der Waals surface area contributed by atoms with Crippen LogP contribution in [-0.2, 0) is 11.3 Å². The number of carboxylic acids is 2. The van der Waals surface area contributed by atoms with E-state index in [1.807, 2.05) is 0 Å². The molecule has 0 unspecified atom stereocenters. The molecule has 0 aliphatic carbocycles. The van der Waals surface area contributed by atoms with Gasteiger partial charge in [-0.15, -0.1) is 0 Å². The summed E-state index contributed by atoms with van der Waals surface area (Å²) in [5.41, 5.74) is 0.340. The minimum atomic E-state index is -1.36. The SMILES string of the molecule is O=C(O)C[n+]1cc(C(=O)[O-])c2ccccc2n1. The molecular weight excluding hydrogens is 224 g/mol. The summed E-state index contributed by atoms with van der Waals surface area (Å²) in [5, 5.41) is 24.0. The van der Waals surface area contributed by atoms with Crippen molar-refractivity contribution in [1.82, 2.24) is 5.10 Å². The van der Waals surface area contributed by atoms with E-state index in [1.165, 1.54) is 0 Å². The summed E-state index contributed by atoms with van der Waals surface area (Å²) in [6.45, 7) is -0.398. The Morgan fingerprint density at radius 1 is 1.35 bits per heavy atom. The van der Waals surface area contributed by atoms with Crippen molar-refractivity contribution in [2.75, 3.05) is 0 Å². The zero-order valence-electron chi connectivity index (χ0n) is 8.66. The molecule has 0 aliphatic rings. The van der Waals surface area contributed by atoms with Crippen LogP contribution in [0.1, 0.15) is 10.4 Å². The molecule has 0 bridgehead atoms. The number of benzene rings is 1. The predicted molar refractivity (Wildman–Crippen MR) is 53.9 cm³/mol. The number of hydrogen-bond acceptors (Lipinski definition) is 4. The van der Waals surface area contributed by atoms with Crippen LogP contribution in [0.25, 0.3) is 10.9 Å². The zero-order chi connectivity index (χ0) is 12.4. The summed E-state index contributed by atoms with van der Waals surface area (Å²) in [6, 6.07) is 6.58. The molecule has 1 heterocycles. The van der Waals surface area contributed by atoms with Crippen molar-refractivity contribution in [3.8, 4) is 0 Å². The van der Waals surface area contributed by atoms with Gasteiger partial charge in [0, 0.05) is 10.5 Å². The Hall–Kier alpha value is -2.50. The van der Waals surface area contributed by atoms with Gasteiger partial charge in [-0.3, -0.25) is 0 Å². The van der Waals surface area contributed by atoms with Crippen molar-refractivity contribution >= 4 is 22.8 Å². The molecule has 2 rings (SSSR count). The van der Waals surface area contributed by atoms with Crippen molar-refractivity contribution in [3.63, 3.8) is 0 Å². The van der Waals surface area contributed by atoms with Crippen LogP contribution in [0.4, 0.5) is 0 Å². The van der Waals surface area contributed by atoms with Crippen molar-refractivity contribution < 1.29 is 24.5 Å². The molecule has 0 spiro atoms. The van der Waals surface area contributed by atoms with Crippen molar-refractivity contribution in [3.05, 3.63) is 36.0 Å². The van der Waals surface area contributed by atoms with E-state index in [9.17, 15) is 14.7 Å². The van der Waals surface area contributed by atoms with Crippen LogP contribution in [-0.4, -0.2) is 22.1 Å². The lowest BCUT2D eigenvalue weighted by Gasteiger charge is -2.04. The van der Waals surface area contributed by atoms with Gasteiger partial charge in [-0.2, -0.15) is 0 Å². The average Bonchev–Trinajstić information content (AvgIpc) is 2.27. The van der Waals surface area contributed by atoms with E-state index in [-0.39, 0.29) is 5.56 Å². The summed E-state index contributed by atoms with van der Waals surface area (Å²) in [4.78, 5) is 21.5. The first-order chi connectivity index (χ1) is 8.08. The van der Waals surface area contributed by atoms with Crippen molar-refractivity contribution in [2.24, 2.45) is 0 Å². The summed E-state index contributed by atoms with van der Waals surface area (Å²) in [6.07, 6.45) is 1.16. The summed E-state index contributed by atoms with van der Waals surface area (Å²) in [5.74, 6) is -2.45. The first-order valence-corrected chi connectivity index (χ1v) is 4.80. The number of carboxylic acid groups (broad SMARTS) is 2. The Kier molecular flexibility index (Phi) is 2.70. The number of nitrogens with zero attached hydrogens (tertiary/aromatic N) is 2. The molecule has 86 valence electrons. The van der Waals surface area contributed by atoms with Crippen LogP contribution in [0, 0.1) is 0 Å². The van der Waals surface area contributed by atoms with E-state index in [1.54, 1.807) is 24.3 Å². The number of aromatic carboxylic acids is 1. The predicted octanol–water partition coefficient (Wildman–Crippen LogP) is -1.03. The molecular formula is C11H8N2O4. The maximum atomic E-state index is 11.0. The summed E-state index contributed by atoms with van der Waals surface area (Å²) >= 11 is 0. The second-order valence-electron chi connectivity index (χ2n) is 3.44. The first-order valence-electron chi connectivity index (χ1n) is 4.80. The standard InChI is InChI=1S/C11H8N2O4/c14-10(15)6-13-5-8(11(16)17)7-3-1-2-4-9(7)12-13/h1-5H,6H2,(H-,14,15,16,17). The number of aliphatic carboxylic acids is 1. The zero-order valence-corrected chi connectivity index (χ0v) is 8.66. The number of carbonyl (C=O) groups is 2. The van der Waals surface area contributed by atoms with E-state index in [2.05, 4.69) is 5.10 Å². The monoisotopic (exact) mass is 232 g/mol.